The van der Waals surface area contributed by atoms with Crippen molar-refractivity contribution in [1.29, 1.82) is 0 Å². The first-order chi connectivity index (χ1) is 9.99. The van der Waals surface area contributed by atoms with Crippen LogP contribution in [0.3, 0.4) is 0 Å². The van der Waals surface area contributed by atoms with Gasteiger partial charge >= 0.3 is 0 Å². The quantitative estimate of drug-likeness (QED) is 0.630. The topological polar surface area (TPSA) is 52.0 Å². The molecule has 0 radical (unpaired) electrons. The first kappa shape index (κ1) is 14.6. The highest BCUT2D eigenvalue weighted by Gasteiger charge is 2.24. The Balaban J connectivity index is 2.27. The lowest BCUT2D eigenvalue weighted by molar-refractivity contribution is 0.437. The molecule has 0 aliphatic carbocycles. The number of benzene rings is 1. The number of nitrogens with zero attached hydrogens (tertiary/aromatic N) is 1. The monoisotopic (exact) mass is 386 g/mol. The third kappa shape index (κ3) is 2.47. The zero-order chi connectivity index (χ0) is 15.1. The number of nitrogen functional groups attached to an aromatic ring is 1. The number of thiophene rings is 1. The van der Waals surface area contributed by atoms with Gasteiger partial charge in [0, 0.05) is 5.56 Å². The number of anilines is 1. The fourth-order valence-electron chi connectivity index (χ4n) is 2.02. The molecule has 0 saturated carbocycles. The summed E-state index contributed by atoms with van der Waals surface area (Å²) in [6.07, 6.45) is 0. The lowest BCUT2D eigenvalue weighted by atomic mass is 10.0. The Labute approximate surface area is 137 Å². The summed E-state index contributed by atoms with van der Waals surface area (Å²) in [5, 5.41) is 4.02. The van der Waals surface area contributed by atoms with Gasteiger partial charge in [-0.05, 0) is 46.6 Å². The van der Waals surface area contributed by atoms with Gasteiger partial charge in [0.05, 0.1) is 19.2 Å². The molecular formula is C14H9BrClFN2OS. The van der Waals surface area contributed by atoms with Gasteiger partial charge in [0.25, 0.3) is 0 Å². The fourth-order valence-corrected chi connectivity index (χ4v) is 3.80. The molecular weight excluding hydrogens is 379 g/mol. The summed E-state index contributed by atoms with van der Waals surface area (Å²) in [5.41, 5.74) is 7.49. The van der Waals surface area contributed by atoms with Crippen molar-refractivity contribution < 1.29 is 8.91 Å². The van der Waals surface area contributed by atoms with Crippen LogP contribution in [0.4, 0.5) is 10.2 Å². The average Bonchev–Trinajstić information content (AvgIpc) is 2.94. The molecule has 3 rings (SSSR count). The Kier molecular flexibility index (Phi) is 3.77. The Morgan fingerprint density at radius 1 is 1.38 bits per heavy atom. The molecule has 0 bridgehead atoms. The van der Waals surface area contributed by atoms with Gasteiger partial charge in [-0.25, -0.2) is 4.39 Å². The van der Waals surface area contributed by atoms with Crippen LogP contribution in [-0.4, -0.2) is 5.16 Å². The molecule has 0 saturated heterocycles. The van der Waals surface area contributed by atoms with Crippen LogP contribution in [0.2, 0.25) is 5.02 Å². The molecule has 21 heavy (non-hydrogen) atoms. The van der Waals surface area contributed by atoms with Gasteiger partial charge in [-0.3, -0.25) is 0 Å². The van der Waals surface area contributed by atoms with Gasteiger partial charge in [0.15, 0.2) is 11.6 Å². The molecule has 0 aliphatic heterocycles. The summed E-state index contributed by atoms with van der Waals surface area (Å²) in [6.45, 7) is 1.96. The van der Waals surface area contributed by atoms with E-state index in [2.05, 4.69) is 21.1 Å². The van der Waals surface area contributed by atoms with Crippen LogP contribution in [-0.2, 0) is 0 Å². The lowest BCUT2D eigenvalue weighted by Crippen LogP contribution is -1.92. The maximum Gasteiger partial charge on any atom is 0.187 e. The number of rotatable bonds is 2. The molecule has 0 spiro atoms. The molecule has 3 aromatic rings. The number of nitrogens with two attached hydrogens (primary N) is 1. The van der Waals surface area contributed by atoms with Crippen molar-refractivity contribution in [2.75, 3.05) is 5.73 Å². The first-order valence-corrected chi connectivity index (χ1v) is 7.93. The average molecular weight is 388 g/mol. The van der Waals surface area contributed by atoms with Crippen LogP contribution < -0.4 is 5.73 Å². The third-order valence-electron chi connectivity index (χ3n) is 3.01. The van der Waals surface area contributed by atoms with E-state index in [4.69, 9.17) is 21.9 Å². The van der Waals surface area contributed by atoms with Crippen molar-refractivity contribution in [3.05, 3.63) is 44.5 Å². The minimum atomic E-state index is -0.467. The van der Waals surface area contributed by atoms with Gasteiger partial charge in [-0.15, -0.1) is 11.3 Å². The number of hydrogen-bond acceptors (Lipinski definition) is 4. The second-order valence-electron chi connectivity index (χ2n) is 4.44. The zero-order valence-electron chi connectivity index (χ0n) is 10.8. The predicted molar refractivity (Wildman–Crippen MR) is 87.1 cm³/mol. The molecule has 7 heteroatoms. The molecule has 3 nitrogen and oxygen atoms in total. The van der Waals surface area contributed by atoms with E-state index < -0.39 is 5.82 Å². The summed E-state index contributed by atoms with van der Waals surface area (Å²) in [5.74, 6) is 0.0588. The van der Waals surface area contributed by atoms with Crippen molar-refractivity contribution in [2.45, 2.75) is 6.92 Å². The van der Waals surface area contributed by atoms with Crippen LogP contribution in [0.25, 0.3) is 21.8 Å². The Hall–Kier alpha value is -1.37. The van der Waals surface area contributed by atoms with Crippen LogP contribution >= 0.6 is 38.9 Å². The van der Waals surface area contributed by atoms with Crippen LogP contribution in [0.1, 0.15) is 5.56 Å². The van der Waals surface area contributed by atoms with Gasteiger partial charge in [-0.2, -0.15) is 0 Å². The summed E-state index contributed by atoms with van der Waals surface area (Å²) in [6, 6.07) is 6.39. The van der Waals surface area contributed by atoms with E-state index in [9.17, 15) is 4.39 Å². The van der Waals surface area contributed by atoms with E-state index >= 15 is 0 Å². The number of hydrogen-bond donors (Lipinski definition) is 1. The highest BCUT2D eigenvalue weighted by Crippen LogP contribution is 2.44. The minimum absolute atomic E-state index is 0.110. The predicted octanol–water partition coefficient (Wildman–Crippen LogP) is 5.52. The highest BCUT2D eigenvalue weighted by atomic mass is 79.9. The van der Waals surface area contributed by atoms with E-state index in [0.717, 1.165) is 14.2 Å². The molecule has 0 amide bonds. The van der Waals surface area contributed by atoms with Crippen molar-refractivity contribution in [3.8, 4) is 21.8 Å². The molecule has 0 aliphatic rings. The van der Waals surface area contributed by atoms with Gasteiger partial charge in [0.2, 0.25) is 0 Å². The minimum Gasteiger partial charge on any atom is -0.380 e. The van der Waals surface area contributed by atoms with Crippen molar-refractivity contribution in [3.63, 3.8) is 0 Å². The van der Waals surface area contributed by atoms with Crippen LogP contribution in [0, 0.1) is 12.7 Å². The summed E-state index contributed by atoms with van der Waals surface area (Å²) in [7, 11) is 0. The second-order valence-corrected chi connectivity index (χ2v) is 7.21. The maximum atomic E-state index is 14.2. The SMILES string of the molecule is Cc1cc(-c2onc(N)c2-c2c(F)cccc2Cl)sc1Br. The first-order valence-electron chi connectivity index (χ1n) is 5.95. The van der Waals surface area contributed by atoms with Crippen LogP contribution in [0.15, 0.2) is 32.6 Å². The normalized spacial score (nSPS) is 11.0. The summed E-state index contributed by atoms with van der Waals surface area (Å²) >= 11 is 11.0. The number of aryl methyl sites for hydroxylation is 1. The van der Waals surface area contributed by atoms with E-state index in [1.807, 2.05) is 13.0 Å². The van der Waals surface area contributed by atoms with E-state index in [-0.39, 0.29) is 16.4 Å². The molecule has 0 unspecified atom stereocenters. The Bertz CT molecular complexity index is 791. The highest BCUT2D eigenvalue weighted by molar-refractivity contribution is 9.11. The maximum absolute atomic E-state index is 14.2. The van der Waals surface area contributed by atoms with Gasteiger partial charge < -0.3 is 10.3 Å². The van der Waals surface area contributed by atoms with Gasteiger partial charge in [0.1, 0.15) is 5.82 Å². The Morgan fingerprint density at radius 2 is 2.14 bits per heavy atom. The lowest BCUT2D eigenvalue weighted by Gasteiger charge is -2.05. The smallest absolute Gasteiger partial charge is 0.187 e. The number of halogens is 3. The molecule has 0 atom stereocenters. The summed E-state index contributed by atoms with van der Waals surface area (Å²) < 4.78 is 20.4. The fraction of sp³-hybridized carbons (Fsp3) is 0.0714. The van der Waals surface area contributed by atoms with Crippen LogP contribution in [0.5, 0.6) is 0 Å². The molecule has 2 heterocycles. The molecule has 108 valence electrons. The van der Waals surface area contributed by atoms with Crippen molar-refractivity contribution >= 4 is 44.7 Å². The van der Waals surface area contributed by atoms with Crippen molar-refractivity contribution in [2.24, 2.45) is 0 Å². The van der Waals surface area contributed by atoms with E-state index in [1.165, 1.54) is 23.5 Å². The summed E-state index contributed by atoms with van der Waals surface area (Å²) in [4.78, 5) is 0.804. The largest absolute Gasteiger partial charge is 0.380 e. The molecule has 2 aromatic heterocycles. The standard InChI is InChI=1S/C14H9BrClFN2OS/c1-6-5-9(21-13(6)15)12-11(14(18)19-20-12)10-7(16)3-2-4-8(10)17/h2-5H,1H3,(H2,18,19). The zero-order valence-corrected chi connectivity index (χ0v) is 13.9. The number of aromatic nitrogens is 1. The van der Waals surface area contributed by atoms with Gasteiger partial charge in [-0.1, -0.05) is 22.8 Å². The van der Waals surface area contributed by atoms with E-state index in [1.54, 1.807) is 6.07 Å². The molecule has 0 fully saturated rings. The molecule has 1 aromatic carbocycles. The second kappa shape index (κ2) is 5.44. The Morgan fingerprint density at radius 3 is 2.76 bits per heavy atom. The third-order valence-corrected chi connectivity index (χ3v) is 5.46. The van der Waals surface area contributed by atoms with E-state index in [0.29, 0.717) is 11.3 Å². The molecule has 2 N–H and O–H groups in total. The van der Waals surface area contributed by atoms with Crippen molar-refractivity contribution in [1.82, 2.24) is 5.16 Å².